The maximum atomic E-state index is 12.8. The number of halogens is 3. The van der Waals surface area contributed by atoms with E-state index in [9.17, 15) is 22.8 Å². The number of rotatable bonds is 4. The molecular formula is C14H16F3N3O2. The molecule has 0 bridgehead atoms. The van der Waals surface area contributed by atoms with Gasteiger partial charge in [-0.2, -0.15) is 18.3 Å². The molecule has 0 saturated heterocycles. The van der Waals surface area contributed by atoms with Gasteiger partial charge in [-0.15, -0.1) is 0 Å². The van der Waals surface area contributed by atoms with Crippen molar-refractivity contribution in [2.24, 2.45) is 5.10 Å². The summed E-state index contributed by atoms with van der Waals surface area (Å²) in [6.07, 6.45) is -3.67. The Kier molecular flexibility index (Phi) is 6.09. The van der Waals surface area contributed by atoms with Crippen molar-refractivity contribution >= 4 is 18.0 Å². The third-order valence-electron chi connectivity index (χ3n) is 2.88. The lowest BCUT2D eigenvalue weighted by molar-refractivity contribution is -0.145. The molecule has 0 fully saturated rings. The minimum absolute atomic E-state index is 0.203. The summed E-state index contributed by atoms with van der Waals surface area (Å²) >= 11 is 0. The van der Waals surface area contributed by atoms with E-state index < -0.39 is 23.6 Å². The van der Waals surface area contributed by atoms with Gasteiger partial charge in [0, 0.05) is 18.7 Å². The maximum absolute atomic E-state index is 12.8. The Balaban J connectivity index is 2.79. The minimum atomic E-state index is -4.52. The highest BCUT2D eigenvalue weighted by Gasteiger charge is 2.32. The summed E-state index contributed by atoms with van der Waals surface area (Å²) in [6.45, 7) is 4.11. The third-order valence-corrected chi connectivity index (χ3v) is 2.88. The maximum Gasteiger partial charge on any atom is 0.417 e. The number of alkyl halides is 3. The lowest BCUT2D eigenvalue weighted by Crippen LogP contribution is -2.41. The number of nitrogens with one attached hydrogen (secondary N) is 1. The SMILES string of the molecule is CCN(CC)C(=O)C(=O)N/N=C\c1ccccc1C(F)(F)F. The first kappa shape index (κ1) is 17.7. The topological polar surface area (TPSA) is 61.8 Å². The van der Waals surface area contributed by atoms with Crippen LogP contribution in [-0.2, 0) is 15.8 Å². The van der Waals surface area contributed by atoms with Crippen molar-refractivity contribution in [3.8, 4) is 0 Å². The predicted molar refractivity (Wildman–Crippen MR) is 75.1 cm³/mol. The highest BCUT2D eigenvalue weighted by Crippen LogP contribution is 2.30. The standard InChI is InChI=1S/C14H16F3N3O2/c1-3-20(4-2)13(22)12(21)19-18-9-10-7-5-6-8-11(10)14(15,16)17/h5-9H,3-4H2,1-2H3,(H,19,21)/b18-9-. The summed E-state index contributed by atoms with van der Waals surface area (Å²) < 4.78 is 38.3. The number of likely N-dealkylation sites (N-methyl/N-ethyl adjacent to an activating group) is 1. The molecule has 0 heterocycles. The molecule has 0 atom stereocenters. The Hall–Kier alpha value is -2.38. The van der Waals surface area contributed by atoms with Crippen LogP contribution < -0.4 is 5.43 Å². The second kappa shape index (κ2) is 7.58. The van der Waals surface area contributed by atoms with E-state index in [1.807, 2.05) is 5.43 Å². The molecule has 1 aromatic rings. The number of amides is 2. The summed E-state index contributed by atoms with van der Waals surface area (Å²) in [5.74, 6) is -1.78. The van der Waals surface area contributed by atoms with Crippen LogP contribution in [0.4, 0.5) is 13.2 Å². The summed E-state index contributed by atoms with van der Waals surface area (Å²) in [5.41, 5.74) is 0.855. The highest BCUT2D eigenvalue weighted by molar-refractivity contribution is 6.34. The molecule has 120 valence electrons. The van der Waals surface area contributed by atoms with E-state index in [0.717, 1.165) is 12.3 Å². The first-order valence-corrected chi connectivity index (χ1v) is 6.59. The average Bonchev–Trinajstić information content (AvgIpc) is 2.47. The van der Waals surface area contributed by atoms with Crippen molar-refractivity contribution in [3.63, 3.8) is 0 Å². The van der Waals surface area contributed by atoms with Crippen molar-refractivity contribution in [2.45, 2.75) is 20.0 Å². The largest absolute Gasteiger partial charge is 0.417 e. The molecule has 0 radical (unpaired) electrons. The minimum Gasteiger partial charge on any atom is -0.335 e. The lowest BCUT2D eigenvalue weighted by Gasteiger charge is -2.16. The molecule has 1 N–H and O–H groups in total. The van der Waals surface area contributed by atoms with Gasteiger partial charge in [-0.1, -0.05) is 18.2 Å². The fourth-order valence-corrected chi connectivity index (χ4v) is 1.73. The Morgan fingerprint density at radius 3 is 2.36 bits per heavy atom. The second-order valence-corrected chi connectivity index (χ2v) is 4.26. The van der Waals surface area contributed by atoms with Gasteiger partial charge in [0.25, 0.3) is 0 Å². The van der Waals surface area contributed by atoms with Crippen LogP contribution in [0.15, 0.2) is 29.4 Å². The van der Waals surface area contributed by atoms with Crippen LogP contribution in [0.1, 0.15) is 25.0 Å². The van der Waals surface area contributed by atoms with Crippen LogP contribution >= 0.6 is 0 Å². The van der Waals surface area contributed by atoms with E-state index >= 15 is 0 Å². The Morgan fingerprint density at radius 1 is 1.23 bits per heavy atom. The Bertz CT molecular complexity index is 567. The van der Waals surface area contributed by atoms with Crippen molar-refractivity contribution in [1.29, 1.82) is 0 Å². The fraction of sp³-hybridized carbons (Fsp3) is 0.357. The third kappa shape index (κ3) is 4.57. The van der Waals surface area contributed by atoms with Gasteiger partial charge in [0.15, 0.2) is 0 Å². The zero-order chi connectivity index (χ0) is 16.8. The highest BCUT2D eigenvalue weighted by atomic mass is 19.4. The zero-order valence-electron chi connectivity index (χ0n) is 12.1. The van der Waals surface area contributed by atoms with Gasteiger partial charge in [0.2, 0.25) is 0 Å². The molecular weight excluding hydrogens is 299 g/mol. The first-order valence-electron chi connectivity index (χ1n) is 6.59. The first-order chi connectivity index (χ1) is 10.3. The van der Waals surface area contributed by atoms with E-state index in [-0.39, 0.29) is 5.56 Å². The number of hydrogen-bond donors (Lipinski definition) is 1. The van der Waals surface area contributed by atoms with Gasteiger partial charge in [-0.05, 0) is 19.9 Å². The second-order valence-electron chi connectivity index (χ2n) is 4.26. The molecule has 0 saturated carbocycles. The van der Waals surface area contributed by atoms with Crippen LogP contribution in [0.5, 0.6) is 0 Å². The average molecular weight is 315 g/mol. The number of benzene rings is 1. The van der Waals surface area contributed by atoms with Crippen LogP contribution in [0.25, 0.3) is 0 Å². The molecule has 22 heavy (non-hydrogen) atoms. The number of nitrogens with zero attached hydrogens (tertiary/aromatic N) is 2. The molecule has 0 aliphatic carbocycles. The molecule has 1 rings (SSSR count). The van der Waals surface area contributed by atoms with Gasteiger partial charge in [-0.3, -0.25) is 9.59 Å². The van der Waals surface area contributed by atoms with Crippen LogP contribution in [0.2, 0.25) is 0 Å². The molecule has 0 spiro atoms. The molecule has 0 aliphatic rings. The van der Waals surface area contributed by atoms with E-state index in [1.165, 1.54) is 23.1 Å². The molecule has 0 aromatic heterocycles. The molecule has 1 aromatic carbocycles. The van der Waals surface area contributed by atoms with Crippen molar-refractivity contribution in [3.05, 3.63) is 35.4 Å². The Morgan fingerprint density at radius 2 is 1.82 bits per heavy atom. The van der Waals surface area contributed by atoms with Gasteiger partial charge in [-0.25, -0.2) is 5.43 Å². The monoisotopic (exact) mass is 315 g/mol. The lowest BCUT2D eigenvalue weighted by atomic mass is 10.1. The van der Waals surface area contributed by atoms with E-state index in [4.69, 9.17) is 0 Å². The van der Waals surface area contributed by atoms with Gasteiger partial charge in [0.05, 0.1) is 11.8 Å². The van der Waals surface area contributed by atoms with Crippen LogP contribution in [-0.4, -0.2) is 36.0 Å². The van der Waals surface area contributed by atoms with Crippen molar-refractivity contribution in [2.75, 3.05) is 13.1 Å². The van der Waals surface area contributed by atoms with Gasteiger partial charge < -0.3 is 4.90 Å². The number of hydrazone groups is 1. The smallest absolute Gasteiger partial charge is 0.335 e. The fourth-order valence-electron chi connectivity index (χ4n) is 1.73. The molecule has 8 heteroatoms. The van der Waals surface area contributed by atoms with Crippen molar-refractivity contribution < 1.29 is 22.8 Å². The number of carbonyl (C=O) groups excluding carboxylic acids is 2. The Labute approximate surface area is 125 Å². The number of carbonyl (C=O) groups is 2. The van der Waals surface area contributed by atoms with Crippen molar-refractivity contribution in [1.82, 2.24) is 10.3 Å². The van der Waals surface area contributed by atoms with Crippen LogP contribution in [0.3, 0.4) is 0 Å². The van der Waals surface area contributed by atoms with Gasteiger partial charge in [0.1, 0.15) is 0 Å². The molecule has 0 aliphatic heterocycles. The summed E-state index contributed by atoms with van der Waals surface area (Å²) in [4.78, 5) is 24.4. The van der Waals surface area contributed by atoms with E-state index in [0.29, 0.717) is 13.1 Å². The molecule has 0 unspecified atom stereocenters. The van der Waals surface area contributed by atoms with Gasteiger partial charge >= 0.3 is 18.0 Å². The van der Waals surface area contributed by atoms with E-state index in [2.05, 4.69) is 5.10 Å². The van der Waals surface area contributed by atoms with E-state index in [1.54, 1.807) is 13.8 Å². The zero-order valence-corrected chi connectivity index (χ0v) is 12.1. The quantitative estimate of drug-likeness (QED) is 0.525. The normalized spacial score (nSPS) is 11.5. The molecule has 5 nitrogen and oxygen atoms in total. The predicted octanol–water partition coefficient (Wildman–Crippen LogP) is 2.02. The van der Waals surface area contributed by atoms with Crippen LogP contribution in [0, 0.1) is 0 Å². The summed E-state index contributed by atoms with van der Waals surface area (Å²) in [7, 11) is 0. The number of hydrogen-bond acceptors (Lipinski definition) is 3. The summed E-state index contributed by atoms with van der Waals surface area (Å²) in [6, 6.07) is 4.79. The summed E-state index contributed by atoms with van der Waals surface area (Å²) in [5, 5.41) is 3.42. The molecule has 2 amide bonds.